The van der Waals surface area contributed by atoms with Gasteiger partial charge in [-0.3, -0.25) is 0 Å². The summed E-state index contributed by atoms with van der Waals surface area (Å²) >= 11 is 0. The lowest BCUT2D eigenvalue weighted by atomic mass is 10.2. The predicted octanol–water partition coefficient (Wildman–Crippen LogP) is 1.97. The molecule has 78 valence electrons. The number of para-hydroxylation sites is 1. The molecule has 0 fully saturated rings. The van der Waals surface area contributed by atoms with Crippen LogP contribution >= 0.6 is 0 Å². The molecule has 0 aliphatic heterocycles. The molecule has 0 aliphatic carbocycles. The van der Waals surface area contributed by atoms with Gasteiger partial charge < -0.3 is 10.5 Å². The van der Waals surface area contributed by atoms with Gasteiger partial charge in [0.25, 0.3) is 5.92 Å². The van der Waals surface area contributed by atoms with Crippen LogP contribution in [0.3, 0.4) is 0 Å². The third-order valence-corrected chi connectivity index (χ3v) is 1.83. The Kier molecular flexibility index (Phi) is 3.41. The summed E-state index contributed by atoms with van der Waals surface area (Å²) in [6.07, 6.45) is 0. The average Bonchev–Trinajstić information content (AvgIpc) is 2.17. The maximum absolute atomic E-state index is 12.7. The van der Waals surface area contributed by atoms with E-state index in [9.17, 15) is 8.78 Å². The second-order valence-corrected chi connectivity index (χ2v) is 3.11. The smallest absolute Gasteiger partial charge is 0.293 e. The summed E-state index contributed by atoms with van der Waals surface area (Å²) in [5.41, 5.74) is 5.71. The van der Waals surface area contributed by atoms with Crippen LogP contribution in [0.4, 0.5) is 8.78 Å². The number of rotatable bonds is 4. The van der Waals surface area contributed by atoms with Gasteiger partial charge in [0.1, 0.15) is 5.75 Å². The van der Waals surface area contributed by atoms with E-state index < -0.39 is 19.1 Å². The highest BCUT2D eigenvalue weighted by molar-refractivity contribution is 5.31. The van der Waals surface area contributed by atoms with Crippen molar-refractivity contribution in [3.8, 4) is 5.75 Å². The molecule has 2 nitrogen and oxygen atoms in total. The first-order valence-electron chi connectivity index (χ1n) is 4.31. The Morgan fingerprint density at radius 3 is 2.57 bits per heavy atom. The van der Waals surface area contributed by atoms with E-state index in [1.165, 1.54) is 0 Å². The monoisotopic (exact) mass is 201 g/mol. The van der Waals surface area contributed by atoms with Crippen molar-refractivity contribution in [2.24, 2.45) is 5.73 Å². The largest absolute Gasteiger partial charge is 0.487 e. The van der Waals surface area contributed by atoms with Crippen LogP contribution in [0.15, 0.2) is 24.3 Å². The molecule has 0 spiro atoms. The molecule has 1 rings (SSSR count). The number of aryl methyl sites for hydroxylation is 1. The van der Waals surface area contributed by atoms with Crippen LogP contribution in [-0.4, -0.2) is 19.1 Å². The molecule has 1 aromatic carbocycles. The van der Waals surface area contributed by atoms with E-state index in [1.54, 1.807) is 25.1 Å². The fourth-order valence-electron chi connectivity index (χ4n) is 0.961. The first kappa shape index (κ1) is 10.9. The van der Waals surface area contributed by atoms with Gasteiger partial charge in [0.05, 0.1) is 6.54 Å². The van der Waals surface area contributed by atoms with E-state index in [-0.39, 0.29) is 0 Å². The lowest BCUT2D eigenvalue weighted by Crippen LogP contribution is -2.34. The molecule has 0 heterocycles. The van der Waals surface area contributed by atoms with Crippen LogP contribution in [0.25, 0.3) is 0 Å². The Hall–Kier alpha value is -1.16. The Morgan fingerprint density at radius 2 is 2.00 bits per heavy atom. The molecule has 0 amide bonds. The molecule has 0 atom stereocenters. The van der Waals surface area contributed by atoms with Gasteiger partial charge in [0.2, 0.25) is 0 Å². The molecule has 0 saturated heterocycles. The van der Waals surface area contributed by atoms with Crippen molar-refractivity contribution >= 4 is 0 Å². The average molecular weight is 201 g/mol. The molecular weight excluding hydrogens is 188 g/mol. The first-order chi connectivity index (χ1) is 6.55. The zero-order chi connectivity index (χ0) is 10.6. The third-order valence-electron chi connectivity index (χ3n) is 1.83. The van der Waals surface area contributed by atoms with E-state index in [0.717, 1.165) is 5.56 Å². The van der Waals surface area contributed by atoms with Crippen molar-refractivity contribution in [1.29, 1.82) is 0 Å². The maximum Gasteiger partial charge on any atom is 0.293 e. The van der Waals surface area contributed by atoms with Crippen molar-refractivity contribution in [3.05, 3.63) is 29.8 Å². The molecule has 0 aromatic heterocycles. The van der Waals surface area contributed by atoms with E-state index >= 15 is 0 Å². The normalized spacial score (nSPS) is 11.4. The minimum absolute atomic E-state index is 0.473. The van der Waals surface area contributed by atoms with Crippen LogP contribution in [0.1, 0.15) is 5.56 Å². The number of nitrogens with two attached hydrogens (primary N) is 1. The number of alkyl halides is 2. The second kappa shape index (κ2) is 4.37. The molecule has 0 saturated carbocycles. The number of hydrogen-bond donors (Lipinski definition) is 1. The van der Waals surface area contributed by atoms with E-state index in [0.29, 0.717) is 5.75 Å². The SMILES string of the molecule is Cc1ccccc1OCC(F)(F)CN. The summed E-state index contributed by atoms with van der Waals surface area (Å²) in [5, 5.41) is 0. The topological polar surface area (TPSA) is 35.2 Å². The van der Waals surface area contributed by atoms with Crippen molar-refractivity contribution in [2.75, 3.05) is 13.2 Å². The van der Waals surface area contributed by atoms with Gasteiger partial charge in [-0.1, -0.05) is 18.2 Å². The van der Waals surface area contributed by atoms with Crippen LogP contribution in [0, 0.1) is 6.92 Å². The predicted molar refractivity (Wildman–Crippen MR) is 50.7 cm³/mol. The molecule has 0 bridgehead atoms. The van der Waals surface area contributed by atoms with Crippen LogP contribution in [-0.2, 0) is 0 Å². The zero-order valence-electron chi connectivity index (χ0n) is 7.97. The Bertz CT molecular complexity index is 302. The maximum atomic E-state index is 12.7. The van der Waals surface area contributed by atoms with Gasteiger partial charge in [0, 0.05) is 0 Å². The minimum Gasteiger partial charge on any atom is -0.487 e. The second-order valence-electron chi connectivity index (χ2n) is 3.11. The highest BCUT2D eigenvalue weighted by Gasteiger charge is 2.27. The van der Waals surface area contributed by atoms with E-state index in [1.807, 2.05) is 6.07 Å². The van der Waals surface area contributed by atoms with E-state index in [4.69, 9.17) is 10.5 Å². The van der Waals surface area contributed by atoms with Gasteiger partial charge in [-0.15, -0.1) is 0 Å². The molecule has 14 heavy (non-hydrogen) atoms. The molecule has 0 aliphatic rings. The summed E-state index contributed by atoms with van der Waals surface area (Å²) in [6, 6.07) is 7.02. The van der Waals surface area contributed by atoms with E-state index in [2.05, 4.69) is 0 Å². The Labute approximate surface area is 81.7 Å². The highest BCUT2D eigenvalue weighted by Crippen LogP contribution is 2.19. The van der Waals surface area contributed by atoms with Crippen molar-refractivity contribution in [2.45, 2.75) is 12.8 Å². The quantitative estimate of drug-likeness (QED) is 0.808. The highest BCUT2D eigenvalue weighted by atomic mass is 19.3. The van der Waals surface area contributed by atoms with Crippen molar-refractivity contribution < 1.29 is 13.5 Å². The zero-order valence-corrected chi connectivity index (χ0v) is 7.97. The standard InChI is InChI=1S/C10H13F2NO/c1-8-4-2-3-5-9(8)14-7-10(11,12)6-13/h2-5H,6-7,13H2,1H3. The molecule has 2 N–H and O–H groups in total. The first-order valence-corrected chi connectivity index (χ1v) is 4.31. The van der Waals surface area contributed by atoms with Gasteiger partial charge in [-0.05, 0) is 18.6 Å². The Balaban J connectivity index is 2.58. The van der Waals surface area contributed by atoms with Gasteiger partial charge in [0.15, 0.2) is 6.61 Å². The van der Waals surface area contributed by atoms with Gasteiger partial charge in [-0.2, -0.15) is 0 Å². The molecule has 1 aromatic rings. The van der Waals surface area contributed by atoms with Gasteiger partial charge in [-0.25, -0.2) is 8.78 Å². The number of hydrogen-bond acceptors (Lipinski definition) is 2. The third kappa shape index (κ3) is 2.96. The molecule has 4 heteroatoms. The fraction of sp³-hybridized carbons (Fsp3) is 0.400. The van der Waals surface area contributed by atoms with Crippen molar-refractivity contribution in [3.63, 3.8) is 0 Å². The van der Waals surface area contributed by atoms with Gasteiger partial charge >= 0.3 is 0 Å². The minimum atomic E-state index is -2.96. The lowest BCUT2D eigenvalue weighted by molar-refractivity contribution is -0.0320. The number of ether oxygens (including phenoxy) is 1. The summed E-state index contributed by atoms with van der Waals surface area (Å²) < 4.78 is 30.4. The lowest BCUT2D eigenvalue weighted by Gasteiger charge is -2.15. The Morgan fingerprint density at radius 1 is 1.36 bits per heavy atom. The summed E-state index contributed by atoms with van der Waals surface area (Å²) in [7, 11) is 0. The number of halogens is 2. The molecule has 0 unspecified atom stereocenters. The molecule has 0 radical (unpaired) electrons. The van der Waals surface area contributed by atoms with Crippen LogP contribution < -0.4 is 10.5 Å². The summed E-state index contributed by atoms with van der Waals surface area (Å²) in [4.78, 5) is 0. The van der Waals surface area contributed by atoms with Crippen molar-refractivity contribution in [1.82, 2.24) is 0 Å². The number of benzene rings is 1. The summed E-state index contributed by atoms with van der Waals surface area (Å²) in [6.45, 7) is 0.434. The van der Waals surface area contributed by atoms with Crippen LogP contribution in [0.5, 0.6) is 5.75 Å². The summed E-state index contributed by atoms with van der Waals surface area (Å²) in [5.74, 6) is -2.48. The van der Waals surface area contributed by atoms with Crippen LogP contribution in [0.2, 0.25) is 0 Å². The fourth-order valence-corrected chi connectivity index (χ4v) is 0.961. The molecular formula is C10H13F2NO.